The normalized spacial score (nSPS) is 21.0. The Kier molecular flexibility index (Phi) is 6.15. The van der Waals surface area contributed by atoms with Crippen molar-refractivity contribution >= 4 is 0 Å². The molecule has 1 saturated heterocycles. The Morgan fingerprint density at radius 3 is 2.79 bits per heavy atom. The lowest BCUT2D eigenvalue weighted by atomic mass is 10.0. The first kappa shape index (κ1) is 12.0. The van der Waals surface area contributed by atoms with Crippen molar-refractivity contribution in [1.82, 2.24) is 0 Å². The van der Waals surface area contributed by atoms with Crippen LogP contribution in [0, 0.1) is 5.92 Å². The molecule has 1 heterocycles. The summed E-state index contributed by atoms with van der Waals surface area (Å²) >= 11 is 0. The minimum absolute atomic E-state index is 0.193. The third-order valence-electron chi connectivity index (χ3n) is 2.61. The summed E-state index contributed by atoms with van der Waals surface area (Å²) in [5.74, 6) is 0.690. The topological polar surface area (TPSA) is 38.7 Å². The highest BCUT2D eigenvalue weighted by molar-refractivity contribution is 4.62. The number of aliphatic hydroxyl groups is 1. The highest BCUT2D eigenvalue weighted by Crippen LogP contribution is 2.14. The van der Waals surface area contributed by atoms with Crippen LogP contribution in [0.5, 0.6) is 0 Å². The molecule has 3 heteroatoms. The van der Waals surface area contributed by atoms with Crippen molar-refractivity contribution in [2.24, 2.45) is 5.92 Å². The summed E-state index contributed by atoms with van der Waals surface area (Å²) in [6.45, 7) is 5.24. The van der Waals surface area contributed by atoms with Crippen molar-refractivity contribution in [3.8, 4) is 0 Å². The smallest absolute Gasteiger partial charge is 0.0513 e. The second-order valence-corrected chi connectivity index (χ2v) is 4.12. The minimum Gasteiger partial charge on any atom is -0.393 e. The van der Waals surface area contributed by atoms with Crippen molar-refractivity contribution in [3.63, 3.8) is 0 Å². The van der Waals surface area contributed by atoms with E-state index in [9.17, 15) is 0 Å². The van der Waals surface area contributed by atoms with Crippen LogP contribution in [-0.2, 0) is 9.47 Å². The summed E-state index contributed by atoms with van der Waals surface area (Å²) in [5, 5.41) is 9.03. The summed E-state index contributed by atoms with van der Waals surface area (Å²) < 4.78 is 10.8. The number of rotatable bonds is 6. The predicted octanol–water partition coefficient (Wildman–Crippen LogP) is 1.59. The van der Waals surface area contributed by atoms with Gasteiger partial charge in [0.2, 0.25) is 0 Å². The summed E-state index contributed by atoms with van der Waals surface area (Å²) in [7, 11) is 0. The molecule has 1 rings (SSSR count). The van der Waals surface area contributed by atoms with Gasteiger partial charge in [-0.3, -0.25) is 0 Å². The molecule has 0 aliphatic carbocycles. The van der Waals surface area contributed by atoms with Gasteiger partial charge in [0, 0.05) is 26.4 Å². The maximum Gasteiger partial charge on any atom is 0.0513 e. The number of hydrogen-bond acceptors (Lipinski definition) is 3. The molecule has 0 aromatic rings. The lowest BCUT2D eigenvalue weighted by Crippen LogP contribution is -2.20. The average Bonchev–Trinajstić information content (AvgIpc) is 2.18. The van der Waals surface area contributed by atoms with Gasteiger partial charge in [-0.15, -0.1) is 0 Å². The summed E-state index contributed by atoms with van der Waals surface area (Å²) in [6, 6.07) is 0. The predicted molar refractivity (Wildman–Crippen MR) is 55.3 cm³/mol. The van der Waals surface area contributed by atoms with Crippen LogP contribution in [0.4, 0.5) is 0 Å². The summed E-state index contributed by atoms with van der Waals surface area (Å²) in [5.41, 5.74) is 0. The van der Waals surface area contributed by atoms with Crippen LogP contribution < -0.4 is 0 Å². The molecule has 0 aromatic heterocycles. The van der Waals surface area contributed by atoms with E-state index in [1.165, 1.54) is 0 Å². The zero-order valence-electron chi connectivity index (χ0n) is 9.08. The molecule has 3 nitrogen and oxygen atoms in total. The summed E-state index contributed by atoms with van der Waals surface area (Å²) in [6.07, 6.45) is 3.88. The van der Waals surface area contributed by atoms with Crippen LogP contribution in [0.3, 0.4) is 0 Å². The van der Waals surface area contributed by atoms with Gasteiger partial charge in [-0.25, -0.2) is 0 Å². The van der Waals surface area contributed by atoms with Crippen LogP contribution >= 0.6 is 0 Å². The molecule has 0 bridgehead atoms. The van der Waals surface area contributed by atoms with Gasteiger partial charge >= 0.3 is 0 Å². The minimum atomic E-state index is -0.193. The monoisotopic (exact) mass is 202 g/mol. The lowest BCUT2D eigenvalue weighted by molar-refractivity contribution is 0.0181. The fourth-order valence-corrected chi connectivity index (χ4v) is 1.64. The van der Waals surface area contributed by atoms with Gasteiger partial charge in [-0.2, -0.15) is 0 Å². The maximum absolute atomic E-state index is 9.03. The molecule has 1 N–H and O–H groups in total. The molecule has 1 unspecified atom stereocenters. The average molecular weight is 202 g/mol. The van der Waals surface area contributed by atoms with Gasteiger partial charge in [0.15, 0.2) is 0 Å². The highest BCUT2D eigenvalue weighted by Gasteiger charge is 2.13. The maximum atomic E-state index is 9.03. The standard InChI is InChI=1S/C11H22O3/c1-10(12)3-2-6-14-9-11-4-7-13-8-5-11/h10-12H,2-9H2,1H3. The van der Waals surface area contributed by atoms with E-state index < -0.39 is 0 Å². The molecule has 0 spiro atoms. The zero-order chi connectivity index (χ0) is 10.2. The first-order valence-corrected chi connectivity index (χ1v) is 5.62. The Balaban J connectivity index is 1.87. The van der Waals surface area contributed by atoms with Crippen molar-refractivity contribution in [1.29, 1.82) is 0 Å². The first-order chi connectivity index (χ1) is 6.79. The van der Waals surface area contributed by atoms with Crippen LogP contribution in [0.25, 0.3) is 0 Å². The molecule has 1 aliphatic heterocycles. The zero-order valence-corrected chi connectivity index (χ0v) is 9.08. The van der Waals surface area contributed by atoms with Crippen LogP contribution in [0.2, 0.25) is 0 Å². The SMILES string of the molecule is CC(O)CCCOCC1CCOCC1. The second kappa shape index (κ2) is 7.21. The van der Waals surface area contributed by atoms with E-state index in [1.807, 2.05) is 6.92 Å². The molecule has 1 aliphatic rings. The van der Waals surface area contributed by atoms with Gasteiger partial charge in [0.05, 0.1) is 6.10 Å². The van der Waals surface area contributed by atoms with E-state index in [0.29, 0.717) is 5.92 Å². The Morgan fingerprint density at radius 2 is 2.14 bits per heavy atom. The van der Waals surface area contributed by atoms with Crippen LogP contribution in [-0.4, -0.2) is 37.6 Å². The molecular weight excluding hydrogens is 180 g/mol. The molecule has 0 radical (unpaired) electrons. The number of ether oxygens (including phenoxy) is 2. The fourth-order valence-electron chi connectivity index (χ4n) is 1.64. The Labute approximate surface area is 86.4 Å². The van der Waals surface area contributed by atoms with Gasteiger partial charge in [-0.05, 0) is 38.5 Å². The quantitative estimate of drug-likeness (QED) is 0.665. The first-order valence-electron chi connectivity index (χ1n) is 5.62. The van der Waals surface area contributed by atoms with E-state index in [2.05, 4.69) is 0 Å². The molecule has 1 atom stereocenters. The van der Waals surface area contributed by atoms with Crippen molar-refractivity contribution in [3.05, 3.63) is 0 Å². The van der Waals surface area contributed by atoms with E-state index in [-0.39, 0.29) is 6.10 Å². The molecule has 84 valence electrons. The van der Waals surface area contributed by atoms with E-state index >= 15 is 0 Å². The van der Waals surface area contributed by atoms with Crippen molar-refractivity contribution in [2.45, 2.75) is 38.7 Å². The van der Waals surface area contributed by atoms with Crippen molar-refractivity contribution in [2.75, 3.05) is 26.4 Å². The lowest BCUT2D eigenvalue weighted by Gasteiger charge is -2.21. The van der Waals surface area contributed by atoms with Crippen molar-refractivity contribution < 1.29 is 14.6 Å². The fraction of sp³-hybridized carbons (Fsp3) is 1.00. The molecular formula is C11H22O3. The largest absolute Gasteiger partial charge is 0.393 e. The van der Waals surface area contributed by atoms with E-state index in [0.717, 1.165) is 52.1 Å². The number of hydrogen-bond donors (Lipinski definition) is 1. The third kappa shape index (κ3) is 5.58. The Morgan fingerprint density at radius 1 is 1.43 bits per heavy atom. The second-order valence-electron chi connectivity index (χ2n) is 4.12. The molecule has 1 fully saturated rings. The molecule has 14 heavy (non-hydrogen) atoms. The molecule has 0 saturated carbocycles. The summed E-state index contributed by atoms with van der Waals surface area (Å²) in [4.78, 5) is 0. The molecule has 0 amide bonds. The Hall–Kier alpha value is -0.120. The van der Waals surface area contributed by atoms with Crippen LogP contribution in [0.15, 0.2) is 0 Å². The van der Waals surface area contributed by atoms with Gasteiger partial charge in [0.25, 0.3) is 0 Å². The molecule has 0 aromatic carbocycles. The van der Waals surface area contributed by atoms with Gasteiger partial charge in [-0.1, -0.05) is 0 Å². The third-order valence-corrected chi connectivity index (χ3v) is 2.61. The van der Waals surface area contributed by atoms with Gasteiger partial charge < -0.3 is 14.6 Å². The van der Waals surface area contributed by atoms with E-state index in [4.69, 9.17) is 14.6 Å². The highest BCUT2D eigenvalue weighted by atomic mass is 16.5. The Bertz CT molecular complexity index is 130. The van der Waals surface area contributed by atoms with E-state index in [1.54, 1.807) is 0 Å². The number of aliphatic hydroxyl groups excluding tert-OH is 1. The van der Waals surface area contributed by atoms with Crippen LogP contribution in [0.1, 0.15) is 32.6 Å². The van der Waals surface area contributed by atoms with Gasteiger partial charge in [0.1, 0.15) is 0 Å².